The molecule has 33 heavy (non-hydrogen) atoms. The summed E-state index contributed by atoms with van der Waals surface area (Å²) in [6.07, 6.45) is 9.21. The molecule has 1 aliphatic carbocycles. The number of carbonyl (C=O) groups excluding carboxylic acids is 1. The standard InChI is InChI=1S/C25H40N4O4/c1-27-18-23(28-26)21-10-8-9-20(17-21)13-15-33-16-14-24(30)29(19-25(31-2)32-3)22-11-6-4-5-7-12-22/h8-10,17-18,22,25H,4-7,11-16,19,26H2,1-3H3. The molecular formula is C25H40N4O4. The highest BCUT2D eigenvalue weighted by Crippen LogP contribution is 2.23. The van der Waals surface area contributed by atoms with Gasteiger partial charge in [0.15, 0.2) is 6.29 Å². The summed E-state index contributed by atoms with van der Waals surface area (Å²) in [6, 6.07) is 8.24. The van der Waals surface area contributed by atoms with Crippen LogP contribution >= 0.6 is 0 Å². The minimum atomic E-state index is -0.412. The van der Waals surface area contributed by atoms with Gasteiger partial charge in [0.25, 0.3) is 0 Å². The third-order valence-corrected chi connectivity index (χ3v) is 6.07. The molecule has 1 aromatic rings. The number of nitrogens with two attached hydrogens (primary N) is 1. The molecule has 0 saturated heterocycles. The lowest BCUT2D eigenvalue weighted by Crippen LogP contribution is -2.45. The normalized spacial score (nSPS) is 15.8. The van der Waals surface area contributed by atoms with Crippen LogP contribution in [-0.4, -0.2) is 76.1 Å². The van der Waals surface area contributed by atoms with E-state index >= 15 is 0 Å². The summed E-state index contributed by atoms with van der Waals surface area (Å²) in [6.45, 7) is 1.38. The van der Waals surface area contributed by atoms with E-state index in [-0.39, 0.29) is 11.9 Å². The third-order valence-electron chi connectivity index (χ3n) is 6.07. The summed E-state index contributed by atoms with van der Waals surface area (Å²) in [5.74, 6) is 5.57. The first-order valence-corrected chi connectivity index (χ1v) is 11.8. The number of nitrogens with zero attached hydrogens (tertiary/aromatic N) is 3. The summed E-state index contributed by atoms with van der Waals surface area (Å²) < 4.78 is 16.6. The van der Waals surface area contributed by atoms with E-state index in [0.717, 1.165) is 43.2 Å². The van der Waals surface area contributed by atoms with E-state index in [9.17, 15) is 4.79 Å². The Kier molecular flexibility index (Phi) is 12.7. The van der Waals surface area contributed by atoms with E-state index in [1.807, 2.05) is 29.2 Å². The van der Waals surface area contributed by atoms with Gasteiger partial charge in [-0.3, -0.25) is 9.79 Å². The zero-order chi connectivity index (χ0) is 23.9. The fraction of sp³-hybridized carbons (Fsp3) is 0.640. The molecule has 1 saturated carbocycles. The molecule has 0 aromatic heterocycles. The lowest BCUT2D eigenvalue weighted by Gasteiger charge is -2.33. The first kappa shape index (κ1) is 27.0. The highest BCUT2D eigenvalue weighted by Gasteiger charge is 2.27. The molecule has 0 aliphatic heterocycles. The maximum atomic E-state index is 13.1. The Morgan fingerprint density at radius 3 is 2.55 bits per heavy atom. The fourth-order valence-electron chi connectivity index (χ4n) is 4.22. The lowest BCUT2D eigenvalue weighted by molar-refractivity contribution is -0.150. The average Bonchev–Trinajstić information content (AvgIpc) is 3.12. The number of amides is 1. The molecule has 0 unspecified atom stereocenters. The van der Waals surface area contributed by atoms with Gasteiger partial charge in [-0.05, 0) is 30.9 Å². The van der Waals surface area contributed by atoms with Gasteiger partial charge in [0.1, 0.15) is 5.71 Å². The number of rotatable bonds is 13. The molecule has 1 aliphatic rings. The van der Waals surface area contributed by atoms with Crippen molar-refractivity contribution in [2.45, 2.75) is 63.7 Å². The predicted octanol–water partition coefficient (Wildman–Crippen LogP) is 3.17. The number of aliphatic imine (C=N–C) groups is 1. The van der Waals surface area contributed by atoms with Gasteiger partial charge >= 0.3 is 0 Å². The first-order chi connectivity index (χ1) is 16.1. The molecule has 0 atom stereocenters. The van der Waals surface area contributed by atoms with Gasteiger partial charge in [0, 0.05) is 39.1 Å². The molecule has 0 spiro atoms. The number of benzene rings is 1. The van der Waals surface area contributed by atoms with Crippen LogP contribution in [-0.2, 0) is 25.4 Å². The molecule has 0 bridgehead atoms. The maximum absolute atomic E-state index is 13.1. The van der Waals surface area contributed by atoms with Gasteiger partial charge in [0.2, 0.25) is 5.91 Å². The number of hydrogen-bond donors (Lipinski definition) is 1. The van der Waals surface area contributed by atoms with E-state index in [0.29, 0.717) is 31.9 Å². The smallest absolute Gasteiger partial charge is 0.225 e. The molecular weight excluding hydrogens is 420 g/mol. The van der Waals surface area contributed by atoms with Crippen molar-refractivity contribution in [3.8, 4) is 0 Å². The Morgan fingerprint density at radius 2 is 1.91 bits per heavy atom. The molecule has 2 rings (SSSR count). The SMILES string of the molecule is CN=CC(=NN)c1cccc(CCOCCC(=O)N(CC(OC)OC)C2CCCCCC2)c1. The van der Waals surface area contributed by atoms with Crippen molar-refractivity contribution in [2.75, 3.05) is 41.0 Å². The number of hydrazone groups is 1. The Morgan fingerprint density at radius 1 is 1.18 bits per heavy atom. The minimum Gasteiger partial charge on any atom is -0.381 e. The number of methoxy groups -OCH3 is 2. The van der Waals surface area contributed by atoms with Crippen molar-refractivity contribution in [3.05, 3.63) is 35.4 Å². The number of hydrogen-bond acceptors (Lipinski definition) is 7. The molecule has 184 valence electrons. The van der Waals surface area contributed by atoms with Gasteiger partial charge in [-0.2, -0.15) is 5.10 Å². The second-order valence-corrected chi connectivity index (χ2v) is 8.31. The van der Waals surface area contributed by atoms with Crippen LogP contribution in [0.4, 0.5) is 0 Å². The second kappa shape index (κ2) is 15.5. The molecule has 1 aromatic carbocycles. The lowest BCUT2D eigenvalue weighted by atomic mass is 10.1. The largest absolute Gasteiger partial charge is 0.381 e. The molecule has 0 heterocycles. The highest BCUT2D eigenvalue weighted by atomic mass is 16.7. The van der Waals surface area contributed by atoms with E-state index in [4.69, 9.17) is 20.1 Å². The van der Waals surface area contributed by atoms with Gasteiger partial charge in [-0.1, -0.05) is 43.9 Å². The molecule has 1 amide bonds. The highest BCUT2D eigenvalue weighted by molar-refractivity contribution is 6.38. The Balaban J connectivity index is 1.85. The van der Waals surface area contributed by atoms with Gasteiger partial charge < -0.3 is 25.0 Å². The molecule has 8 nitrogen and oxygen atoms in total. The van der Waals surface area contributed by atoms with E-state index in [2.05, 4.69) is 10.1 Å². The van der Waals surface area contributed by atoms with Crippen LogP contribution in [0.1, 0.15) is 56.1 Å². The van der Waals surface area contributed by atoms with Crippen LogP contribution in [0.5, 0.6) is 0 Å². The van der Waals surface area contributed by atoms with Crippen molar-refractivity contribution in [1.29, 1.82) is 0 Å². The summed E-state index contributed by atoms with van der Waals surface area (Å²) in [5, 5.41) is 3.79. The van der Waals surface area contributed by atoms with Crippen LogP contribution in [0.15, 0.2) is 34.4 Å². The predicted molar refractivity (Wildman–Crippen MR) is 132 cm³/mol. The zero-order valence-corrected chi connectivity index (χ0v) is 20.4. The Bertz CT molecular complexity index is 757. The van der Waals surface area contributed by atoms with Crippen LogP contribution in [0.2, 0.25) is 0 Å². The van der Waals surface area contributed by atoms with Crippen molar-refractivity contribution in [1.82, 2.24) is 4.90 Å². The average molecular weight is 461 g/mol. The van der Waals surface area contributed by atoms with Crippen LogP contribution in [0, 0.1) is 0 Å². The van der Waals surface area contributed by atoms with Gasteiger partial charge in [-0.15, -0.1) is 0 Å². The minimum absolute atomic E-state index is 0.102. The van der Waals surface area contributed by atoms with Crippen LogP contribution in [0.25, 0.3) is 0 Å². The van der Waals surface area contributed by atoms with E-state index < -0.39 is 6.29 Å². The van der Waals surface area contributed by atoms with Gasteiger partial charge in [0.05, 0.1) is 26.2 Å². The maximum Gasteiger partial charge on any atom is 0.225 e. The summed E-state index contributed by atoms with van der Waals surface area (Å²) in [5.41, 5.74) is 2.67. The Hall–Kier alpha value is -2.29. The third kappa shape index (κ3) is 9.23. The Labute approximate surface area is 198 Å². The second-order valence-electron chi connectivity index (χ2n) is 8.31. The molecule has 1 fully saturated rings. The molecule has 8 heteroatoms. The number of ether oxygens (including phenoxy) is 3. The summed E-state index contributed by atoms with van der Waals surface area (Å²) in [4.78, 5) is 19.0. The molecule has 0 radical (unpaired) electrons. The first-order valence-electron chi connectivity index (χ1n) is 11.8. The summed E-state index contributed by atoms with van der Waals surface area (Å²) in [7, 11) is 4.91. The van der Waals surface area contributed by atoms with E-state index in [1.54, 1.807) is 27.5 Å². The molecule has 2 N–H and O–H groups in total. The van der Waals surface area contributed by atoms with Crippen molar-refractivity contribution < 1.29 is 19.0 Å². The van der Waals surface area contributed by atoms with Crippen LogP contribution < -0.4 is 5.84 Å². The summed E-state index contributed by atoms with van der Waals surface area (Å²) >= 11 is 0. The zero-order valence-electron chi connectivity index (χ0n) is 20.4. The van der Waals surface area contributed by atoms with Crippen molar-refractivity contribution in [3.63, 3.8) is 0 Å². The quantitative estimate of drug-likeness (QED) is 0.122. The monoisotopic (exact) mass is 460 g/mol. The van der Waals surface area contributed by atoms with E-state index in [1.165, 1.54) is 12.8 Å². The fourth-order valence-corrected chi connectivity index (χ4v) is 4.22. The number of carbonyl (C=O) groups is 1. The van der Waals surface area contributed by atoms with Gasteiger partial charge in [-0.25, -0.2) is 0 Å². The topological polar surface area (TPSA) is 98.7 Å². The van der Waals surface area contributed by atoms with Crippen LogP contribution in [0.3, 0.4) is 0 Å². The van der Waals surface area contributed by atoms with Crippen molar-refractivity contribution in [2.24, 2.45) is 15.9 Å². The van der Waals surface area contributed by atoms with Crippen molar-refractivity contribution >= 4 is 17.8 Å².